The molecule has 0 atom stereocenters. The third-order valence-corrected chi connectivity index (χ3v) is 30.3. The Balaban J connectivity index is 0.000000108. The Morgan fingerprint density at radius 2 is 0.695 bits per heavy atom. The molecule has 6 heterocycles. The van der Waals surface area contributed by atoms with Crippen molar-refractivity contribution in [2.75, 3.05) is 4.90 Å². The van der Waals surface area contributed by atoms with Crippen molar-refractivity contribution in [2.24, 2.45) is 0 Å². The van der Waals surface area contributed by atoms with E-state index >= 15 is 0 Å². The first kappa shape index (κ1) is 90.0. The minimum Gasteiger partial charge on any atom is -0.649 e. The van der Waals surface area contributed by atoms with Gasteiger partial charge in [0.25, 0.3) is 0 Å². The molecule has 0 bridgehead atoms. The quantitative estimate of drug-likeness (QED) is 0.0802. The van der Waals surface area contributed by atoms with E-state index in [9.17, 15) is 0 Å². The number of hydrogen-bond donors (Lipinski definition) is 0. The van der Waals surface area contributed by atoms with E-state index in [0.29, 0.717) is 0 Å². The molecular weight excluding hydrogens is 1960 g/mol. The fraction of sp³-hybridized carbons (Fsp3) is 0.00769. The minimum atomic E-state index is -0.401. The third-order valence-electron chi connectivity index (χ3n) is 26.3. The summed E-state index contributed by atoms with van der Waals surface area (Å²) in [6.45, 7) is 0. The van der Waals surface area contributed by atoms with E-state index in [0.717, 1.165) is 73.1 Å². The second-order valence-electron chi connectivity index (χ2n) is 34.4. The van der Waals surface area contributed by atoms with Gasteiger partial charge >= 0.3 is 16.6 Å². The van der Waals surface area contributed by atoms with Crippen LogP contribution in [0.5, 0.6) is 5.75 Å². The van der Waals surface area contributed by atoms with Crippen LogP contribution in [0.1, 0.15) is 22.3 Å². The van der Waals surface area contributed by atoms with Crippen molar-refractivity contribution in [1.82, 2.24) is 19.5 Å². The van der Waals surface area contributed by atoms with Crippen molar-refractivity contribution in [2.45, 2.75) is 5.41 Å². The largest absolute Gasteiger partial charge is 0.649 e. The fourth-order valence-electron chi connectivity index (χ4n) is 20.0. The van der Waals surface area contributed by atoms with E-state index in [1.807, 2.05) is 119 Å². The molecule has 141 heavy (non-hydrogen) atoms. The van der Waals surface area contributed by atoms with Crippen LogP contribution in [0.4, 0.5) is 17.1 Å². The van der Waals surface area contributed by atoms with Crippen LogP contribution >= 0.6 is 34.0 Å². The average Bonchev–Trinajstić information content (AvgIpc) is 1.54. The van der Waals surface area contributed by atoms with E-state index in [1.165, 1.54) is 166 Å². The Morgan fingerprint density at radius 3 is 1.25 bits per heavy atom. The number of rotatable bonds is 14. The van der Waals surface area contributed by atoms with Gasteiger partial charge in [0.2, 0.25) is 0 Å². The van der Waals surface area contributed by atoms with Gasteiger partial charge in [-0.15, -0.1) is 69.9 Å². The van der Waals surface area contributed by atoms with Crippen LogP contribution in [-0.4, -0.2) is 36.1 Å². The number of nitrogens with zero attached hydrogens (tertiary/aromatic N) is 5. The molecule has 670 valence electrons. The second-order valence-corrected chi connectivity index (χ2v) is 37.9. The van der Waals surface area contributed by atoms with Crippen molar-refractivity contribution in [1.29, 1.82) is 0 Å². The van der Waals surface area contributed by atoms with Crippen LogP contribution < -0.4 is 8.69 Å². The van der Waals surface area contributed by atoms with Crippen molar-refractivity contribution < 1.29 is 23.9 Å². The van der Waals surface area contributed by atoms with Crippen LogP contribution in [0.2, 0.25) is 0 Å². The average molecular weight is 2050 g/mol. The molecule has 6 nitrogen and oxygen atoms in total. The first-order valence-electron chi connectivity index (χ1n) is 47.0. The summed E-state index contributed by atoms with van der Waals surface area (Å²) in [4.78, 5) is 15.8. The molecule has 0 amide bonds. The second kappa shape index (κ2) is 40.9. The third kappa shape index (κ3) is 17.6. The predicted octanol–water partition coefficient (Wildman–Crippen LogP) is 35.3. The Kier molecular flexibility index (Phi) is 26.1. The summed E-state index contributed by atoms with van der Waals surface area (Å²) in [5, 5.41) is 9.11. The van der Waals surface area contributed by atoms with Gasteiger partial charge in [-0.2, -0.15) is 0 Å². The fourth-order valence-corrected chi connectivity index (χ4v) is 23.9. The zero-order chi connectivity index (χ0) is 93.5. The number of pyridine rings is 2. The maximum atomic E-state index is 5.19. The zero-order valence-corrected chi connectivity index (χ0v) is 82.9. The van der Waals surface area contributed by atoms with Gasteiger partial charge in [-0.25, -0.2) is 4.98 Å². The Labute approximate surface area is 853 Å². The molecule has 1 aliphatic carbocycles. The van der Waals surface area contributed by atoms with Crippen molar-refractivity contribution in [3.8, 4) is 101 Å². The molecule has 0 saturated carbocycles. The molecule has 0 aliphatic heterocycles. The van der Waals surface area contributed by atoms with E-state index in [-0.39, 0.29) is 20.1 Å². The molecule has 0 N–H and O–H groups in total. The number of thiophene rings is 3. The topological polar surface area (TPSA) is 56.1 Å². The van der Waals surface area contributed by atoms with Crippen molar-refractivity contribution >= 4 is 150 Å². The number of fused-ring (bicyclic) bond motifs is 14. The summed E-state index contributed by atoms with van der Waals surface area (Å²) in [7, 11) is 0. The molecule has 1 aliphatic rings. The summed E-state index contributed by atoms with van der Waals surface area (Å²) in [6.07, 6.45) is 3.56. The van der Waals surface area contributed by atoms with Gasteiger partial charge in [0.05, 0.1) is 16.4 Å². The number of aromatic nitrogens is 4. The number of anilines is 3. The molecule has 0 spiro atoms. The van der Waals surface area contributed by atoms with Crippen LogP contribution in [0.25, 0.3) is 178 Å². The van der Waals surface area contributed by atoms with Crippen LogP contribution in [0, 0.1) is 6.07 Å². The predicted molar refractivity (Wildman–Crippen MR) is 595 cm³/mol. The van der Waals surface area contributed by atoms with Gasteiger partial charge in [0.15, 0.2) is 0 Å². The molecule has 0 saturated heterocycles. The Bertz CT molecular complexity index is 8670. The van der Waals surface area contributed by atoms with E-state index in [1.54, 1.807) is 12.4 Å². The monoisotopic (exact) mass is 2050 g/mol. The Hall–Kier alpha value is -16.1. The summed E-state index contributed by atoms with van der Waals surface area (Å²) in [5.74, 6) is 1.80. The van der Waals surface area contributed by atoms with E-state index < -0.39 is 5.41 Å². The molecule has 20 aromatic carbocycles. The van der Waals surface area contributed by atoms with E-state index in [2.05, 4.69) is 456 Å². The Morgan fingerprint density at radius 1 is 0.291 bits per heavy atom. The summed E-state index contributed by atoms with van der Waals surface area (Å²) < 4.78 is 15.5. The minimum absolute atomic E-state index is 0. The van der Waals surface area contributed by atoms with Crippen molar-refractivity contribution in [3.05, 3.63) is 556 Å². The van der Waals surface area contributed by atoms with Gasteiger partial charge in [-0.05, 0) is 181 Å². The van der Waals surface area contributed by atoms with Gasteiger partial charge in [-0.3, -0.25) is 9.55 Å². The number of hydrogen-bond acceptors (Lipinski definition) is 8. The number of para-hydroxylation sites is 5. The normalized spacial score (nSPS) is 11.6. The molecular formula is C130H88AlIrN5OS3-. The molecule has 2 radical (unpaired) electrons. The number of benzene rings is 20. The zero-order valence-electron chi connectivity index (χ0n) is 76.6. The molecule has 6 aromatic heterocycles. The summed E-state index contributed by atoms with van der Waals surface area (Å²) in [6, 6.07) is 186. The van der Waals surface area contributed by atoms with E-state index in [4.69, 9.17) is 8.77 Å². The first-order valence-corrected chi connectivity index (χ1v) is 50.0. The van der Waals surface area contributed by atoms with Crippen LogP contribution in [-0.2, 0) is 25.5 Å². The molecule has 11 heteroatoms. The maximum absolute atomic E-state index is 5.19. The summed E-state index contributed by atoms with van der Waals surface area (Å²) in [5.41, 5.74) is 30.7. The molecule has 27 rings (SSSR count). The standard InChI is InChI=1S/C43H31N.C36H22S2.C31H20N2S.C11H8N.C9H7NO.Al.Ir.H/c1-4-14-32(15-5-1)33-24-28-37(29-25-33)44(36-18-8-3-9-19-36)38-30-26-35(27-31-38)43(34-16-6-2-7-17-34)41-22-12-10-20-39(41)40-21-11-13-23-42(40)43;1-3-13-25(29-17-9-19-31-27-15-5-7-21-33(27)37-35(29)31)23(11-1)24-12-2-4-14-26(24)30-18-10-20-32-28-16-6-8-22-34(28)38-36(30)32;1-2-9-23(10-3-1)33-28-15-6-5-14-27(28)32-31(33)22-19-17-21(18-20-22)24-12-8-13-26-25-11-4-7-16-29(25)34-30(24)26;1-2-6-10(7-3-1)11-8-4-5-9-12-11;11-8-5-1-3-7-4-2-6-10-9(7)8;;;/h1-31H;1-22H;1-20H;1-6,8-9H;1-6,11H;;;/q;;;-1;;+1;;/p-1. The van der Waals surface area contributed by atoms with Crippen LogP contribution in [0.15, 0.2) is 528 Å². The van der Waals surface area contributed by atoms with Gasteiger partial charge < -0.3 is 13.7 Å². The molecule has 0 unspecified atom stereocenters. The SMILES string of the molecule is [AlH][O]c1cccc2cccnc12.[Ir].[c-]1ccccc1-c1ccccn1.c1ccc(-c2ccc(N(c3ccccc3)c3ccc(C4(c5ccccc5)c5ccccc5-c5ccccc54)cc3)cc2)cc1.c1ccc(-c2cccc3c2sc2ccccc23)c(-c2ccccc2-c2cccc3c2sc2ccccc23)c1.c1ccc(-n2c(-c3ccc(-c4cccc5c4sc4ccccc45)cc3)nc3ccccc32)cc1. The maximum Gasteiger partial charge on any atom is 0.494 e. The summed E-state index contributed by atoms with van der Waals surface area (Å²) >= 11 is 7.12. The molecule has 0 fully saturated rings. The molecule has 26 aromatic rings. The van der Waals surface area contributed by atoms with Crippen LogP contribution in [0.3, 0.4) is 0 Å². The number of imidazole rings is 1. The van der Waals surface area contributed by atoms with Gasteiger partial charge in [0, 0.05) is 138 Å². The van der Waals surface area contributed by atoms with Crippen molar-refractivity contribution in [3.63, 3.8) is 0 Å². The van der Waals surface area contributed by atoms with Gasteiger partial charge in [0.1, 0.15) is 17.1 Å². The first-order chi connectivity index (χ1) is 69.4. The smallest absolute Gasteiger partial charge is 0.494 e. The van der Waals surface area contributed by atoms with Gasteiger partial charge in [-0.1, -0.05) is 394 Å².